The SMILES string of the molecule is CCCOc1ccc(C(=O)N/N=C/c2cc(Br)c(OCc3cccc(Cl)c3)c(OC)c2)cc1OC. The van der Waals surface area contributed by atoms with Crippen LogP contribution in [-0.2, 0) is 6.61 Å². The van der Waals surface area contributed by atoms with Crippen LogP contribution in [0.1, 0.15) is 34.8 Å². The van der Waals surface area contributed by atoms with Gasteiger partial charge in [0, 0.05) is 10.6 Å². The fraction of sp³-hybridized carbons (Fsp3) is 0.231. The fourth-order valence-corrected chi connectivity index (χ4v) is 3.89. The zero-order valence-corrected chi connectivity index (χ0v) is 22.0. The Morgan fingerprint density at radius 2 is 1.83 bits per heavy atom. The van der Waals surface area contributed by atoms with Crippen molar-refractivity contribution >= 4 is 39.7 Å². The first-order chi connectivity index (χ1) is 16.9. The molecule has 0 aliphatic rings. The van der Waals surface area contributed by atoms with Crippen LogP contribution in [0, 0.1) is 0 Å². The first kappa shape index (κ1) is 26.4. The molecule has 0 heterocycles. The lowest BCUT2D eigenvalue weighted by Crippen LogP contribution is -2.17. The maximum atomic E-state index is 12.5. The molecule has 0 spiro atoms. The average molecular weight is 562 g/mol. The number of carbonyl (C=O) groups excluding carboxylic acids is 1. The Balaban J connectivity index is 1.67. The summed E-state index contributed by atoms with van der Waals surface area (Å²) in [5, 5.41) is 4.71. The normalized spacial score (nSPS) is 10.8. The first-order valence-corrected chi connectivity index (χ1v) is 12.0. The van der Waals surface area contributed by atoms with Gasteiger partial charge in [0.15, 0.2) is 23.0 Å². The van der Waals surface area contributed by atoms with Gasteiger partial charge in [-0.05, 0) is 75.9 Å². The number of benzene rings is 3. The highest BCUT2D eigenvalue weighted by atomic mass is 79.9. The average Bonchev–Trinajstić information content (AvgIpc) is 2.86. The standard InChI is InChI=1S/C26H26BrClN2O5/c1-4-10-34-22-9-8-19(14-23(22)32-2)26(31)30-29-15-18-12-21(27)25(24(13-18)33-3)35-16-17-6-5-7-20(28)11-17/h5-9,11-15H,4,10,16H2,1-3H3,(H,30,31)/b29-15+. The van der Waals surface area contributed by atoms with E-state index in [-0.39, 0.29) is 5.91 Å². The summed E-state index contributed by atoms with van der Waals surface area (Å²) < 4.78 is 23.1. The van der Waals surface area contributed by atoms with Gasteiger partial charge in [-0.2, -0.15) is 5.10 Å². The van der Waals surface area contributed by atoms with Crippen molar-refractivity contribution < 1.29 is 23.7 Å². The van der Waals surface area contributed by atoms with E-state index >= 15 is 0 Å². The van der Waals surface area contributed by atoms with Crippen LogP contribution in [-0.4, -0.2) is 32.9 Å². The van der Waals surface area contributed by atoms with Crippen LogP contribution in [0.5, 0.6) is 23.0 Å². The number of carbonyl (C=O) groups is 1. The van der Waals surface area contributed by atoms with E-state index in [1.165, 1.54) is 13.3 Å². The monoisotopic (exact) mass is 560 g/mol. The Morgan fingerprint density at radius 3 is 2.54 bits per heavy atom. The van der Waals surface area contributed by atoms with Crippen LogP contribution in [0.25, 0.3) is 0 Å². The molecule has 0 aliphatic carbocycles. The van der Waals surface area contributed by atoms with Crippen LogP contribution in [0.3, 0.4) is 0 Å². The third-order valence-electron chi connectivity index (χ3n) is 4.79. The molecule has 3 aromatic rings. The minimum absolute atomic E-state index is 0.324. The lowest BCUT2D eigenvalue weighted by atomic mass is 10.2. The van der Waals surface area contributed by atoms with Gasteiger partial charge >= 0.3 is 0 Å². The topological polar surface area (TPSA) is 78.4 Å². The number of hydrogen-bond acceptors (Lipinski definition) is 6. The van der Waals surface area contributed by atoms with Crippen molar-refractivity contribution in [3.05, 3.63) is 80.8 Å². The third kappa shape index (κ3) is 7.37. The molecular weight excluding hydrogens is 536 g/mol. The van der Waals surface area contributed by atoms with Crippen LogP contribution in [0.4, 0.5) is 0 Å². The number of ether oxygens (including phenoxy) is 4. The van der Waals surface area contributed by atoms with E-state index in [9.17, 15) is 4.79 Å². The number of halogens is 2. The number of rotatable bonds is 11. The molecule has 35 heavy (non-hydrogen) atoms. The summed E-state index contributed by atoms with van der Waals surface area (Å²) in [6, 6.07) is 16.0. The molecule has 184 valence electrons. The van der Waals surface area contributed by atoms with E-state index < -0.39 is 0 Å². The van der Waals surface area contributed by atoms with Gasteiger partial charge in [0.1, 0.15) is 6.61 Å². The highest BCUT2D eigenvalue weighted by molar-refractivity contribution is 9.10. The quantitative estimate of drug-likeness (QED) is 0.221. The van der Waals surface area contributed by atoms with Gasteiger partial charge in [0.2, 0.25) is 0 Å². The number of hydrogen-bond donors (Lipinski definition) is 1. The largest absolute Gasteiger partial charge is 0.493 e. The molecule has 7 nitrogen and oxygen atoms in total. The number of amides is 1. The van der Waals surface area contributed by atoms with Gasteiger partial charge in [0.25, 0.3) is 5.91 Å². The number of hydrazone groups is 1. The maximum Gasteiger partial charge on any atom is 0.271 e. The highest BCUT2D eigenvalue weighted by Gasteiger charge is 2.13. The summed E-state index contributed by atoms with van der Waals surface area (Å²) in [7, 11) is 3.08. The van der Waals surface area contributed by atoms with Crippen molar-refractivity contribution in [3.63, 3.8) is 0 Å². The maximum absolute atomic E-state index is 12.5. The first-order valence-electron chi connectivity index (χ1n) is 10.8. The second-order valence-electron chi connectivity index (χ2n) is 7.37. The molecule has 0 aliphatic heterocycles. The molecule has 0 saturated heterocycles. The van der Waals surface area contributed by atoms with Crippen LogP contribution < -0.4 is 24.4 Å². The molecular formula is C26H26BrClN2O5. The molecule has 3 rings (SSSR count). The molecule has 1 amide bonds. The molecule has 0 bridgehead atoms. The Morgan fingerprint density at radius 1 is 1.03 bits per heavy atom. The van der Waals surface area contributed by atoms with Gasteiger partial charge in [-0.3, -0.25) is 4.79 Å². The van der Waals surface area contributed by atoms with Crippen molar-refractivity contribution in [1.82, 2.24) is 5.43 Å². The summed E-state index contributed by atoms with van der Waals surface area (Å²) in [4.78, 5) is 12.5. The van der Waals surface area contributed by atoms with Gasteiger partial charge in [0.05, 0.1) is 31.5 Å². The minimum Gasteiger partial charge on any atom is -0.493 e. The van der Waals surface area contributed by atoms with E-state index in [2.05, 4.69) is 26.5 Å². The van der Waals surface area contributed by atoms with Gasteiger partial charge in [-0.15, -0.1) is 0 Å². The van der Waals surface area contributed by atoms with E-state index in [0.29, 0.717) is 56.8 Å². The molecule has 9 heteroatoms. The number of nitrogens with one attached hydrogen (secondary N) is 1. The van der Waals surface area contributed by atoms with E-state index in [4.69, 9.17) is 30.5 Å². The second-order valence-corrected chi connectivity index (χ2v) is 8.66. The molecule has 0 saturated carbocycles. The van der Waals surface area contributed by atoms with E-state index in [0.717, 1.165) is 12.0 Å². The van der Waals surface area contributed by atoms with Gasteiger partial charge < -0.3 is 18.9 Å². The molecule has 1 N–H and O–H groups in total. The zero-order valence-electron chi connectivity index (χ0n) is 19.6. The molecule has 3 aromatic carbocycles. The summed E-state index contributed by atoms with van der Waals surface area (Å²) in [6.07, 6.45) is 2.39. The molecule has 0 aromatic heterocycles. The second kappa shape index (κ2) is 13.0. The third-order valence-corrected chi connectivity index (χ3v) is 5.62. The molecule has 0 fully saturated rings. The molecule has 0 radical (unpaired) electrons. The lowest BCUT2D eigenvalue weighted by Gasteiger charge is -2.13. The lowest BCUT2D eigenvalue weighted by molar-refractivity contribution is 0.0954. The van der Waals surface area contributed by atoms with Crippen molar-refractivity contribution in [2.24, 2.45) is 5.10 Å². The Bertz CT molecular complexity index is 1200. The molecule has 0 unspecified atom stereocenters. The summed E-state index contributed by atoms with van der Waals surface area (Å²) in [5.41, 5.74) is 4.54. The number of nitrogens with zero attached hydrogens (tertiary/aromatic N) is 1. The van der Waals surface area contributed by atoms with E-state index in [1.807, 2.05) is 37.3 Å². The summed E-state index contributed by atoms with van der Waals surface area (Å²) in [6.45, 7) is 2.91. The van der Waals surface area contributed by atoms with Crippen LogP contribution >= 0.6 is 27.5 Å². The predicted molar refractivity (Wildman–Crippen MR) is 140 cm³/mol. The van der Waals surface area contributed by atoms with Crippen molar-refractivity contribution in [2.75, 3.05) is 20.8 Å². The number of methoxy groups -OCH3 is 2. The van der Waals surface area contributed by atoms with Crippen molar-refractivity contribution in [1.29, 1.82) is 0 Å². The Hall–Kier alpha value is -3.23. The van der Waals surface area contributed by atoms with Crippen LogP contribution in [0.2, 0.25) is 5.02 Å². The Kier molecular flexibility index (Phi) is 9.81. The smallest absolute Gasteiger partial charge is 0.271 e. The minimum atomic E-state index is -0.380. The van der Waals surface area contributed by atoms with Gasteiger partial charge in [-0.25, -0.2) is 5.43 Å². The highest BCUT2D eigenvalue weighted by Crippen LogP contribution is 2.37. The summed E-state index contributed by atoms with van der Waals surface area (Å²) >= 11 is 9.56. The van der Waals surface area contributed by atoms with Gasteiger partial charge in [-0.1, -0.05) is 30.7 Å². The fourth-order valence-electron chi connectivity index (χ4n) is 3.11. The van der Waals surface area contributed by atoms with Crippen LogP contribution in [0.15, 0.2) is 64.2 Å². The summed E-state index contributed by atoms with van der Waals surface area (Å²) in [5.74, 6) is 1.75. The van der Waals surface area contributed by atoms with Crippen molar-refractivity contribution in [3.8, 4) is 23.0 Å². The molecule has 0 atom stereocenters. The van der Waals surface area contributed by atoms with E-state index in [1.54, 1.807) is 31.4 Å². The Labute approximate surface area is 218 Å². The van der Waals surface area contributed by atoms with Crippen molar-refractivity contribution in [2.45, 2.75) is 20.0 Å². The zero-order chi connectivity index (χ0) is 25.2. The predicted octanol–water partition coefficient (Wildman–Crippen LogP) is 6.25.